The lowest BCUT2D eigenvalue weighted by Gasteiger charge is -2.49. The zero-order valence-corrected chi connectivity index (χ0v) is 17.8. The summed E-state index contributed by atoms with van der Waals surface area (Å²) < 4.78 is 12.4. The molecule has 0 saturated carbocycles. The SMILES string of the molecule is COc1cccc2c1OC1(CC[NH+](C)CC1)N1N=C(c3cc(C)ccc3C)C[C@H]21. The molecule has 5 nitrogen and oxygen atoms in total. The van der Waals surface area contributed by atoms with E-state index >= 15 is 0 Å². The average molecular weight is 393 g/mol. The molecule has 1 saturated heterocycles. The van der Waals surface area contributed by atoms with Crippen molar-refractivity contribution >= 4 is 5.71 Å². The van der Waals surface area contributed by atoms with Gasteiger partial charge >= 0.3 is 0 Å². The fourth-order valence-corrected chi connectivity index (χ4v) is 5.04. The van der Waals surface area contributed by atoms with Gasteiger partial charge in [0.2, 0.25) is 5.72 Å². The second-order valence-corrected chi connectivity index (χ2v) is 8.81. The molecular formula is C24H30N3O2+. The van der Waals surface area contributed by atoms with E-state index in [2.05, 4.69) is 56.2 Å². The van der Waals surface area contributed by atoms with Crippen LogP contribution < -0.4 is 14.4 Å². The maximum Gasteiger partial charge on any atom is 0.209 e. The lowest BCUT2D eigenvalue weighted by atomic mass is 9.90. The minimum absolute atomic E-state index is 0.196. The Hall–Kier alpha value is -2.53. The zero-order chi connectivity index (χ0) is 20.2. The van der Waals surface area contributed by atoms with E-state index in [-0.39, 0.29) is 11.8 Å². The molecule has 1 N–H and O–H groups in total. The Morgan fingerprint density at radius 2 is 1.97 bits per heavy atom. The molecule has 5 rings (SSSR count). The van der Waals surface area contributed by atoms with Gasteiger partial charge in [0.1, 0.15) is 0 Å². The lowest BCUT2D eigenvalue weighted by Crippen LogP contribution is -3.11. The molecule has 0 unspecified atom stereocenters. The fraction of sp³-hybridized carbons (Fsp3) is 0.458. The van der Waals surface area contributed by atoms with Gasteiger partial charge in [-0.2, -0.15) is 5.10 Å². The number of nitrogens with one attached hydrogen (secondary N) is 1. The van der Waals surface area contributed by atoms with E-state index in [1.54, 1.807) is 12.0 Å². The number of nitrogens with zero attached hydrogens (tertiary/aromatic N) is 2. The third-order valence-corrected chi connectivity index (χ3v) is 6.80. The highest BCUT2D eigenvalue weighted by Crippen LogP contribution is 2.52. The number of aryl methyl sites for hydroxylation is 2. The normalized spacial score (nSPS) is 27.9. The summed E-state index contributed by atoms with van der Waals surface area (Å²) in [5.41, 5.74) is 5.78. The Morgan fingerprint density at radius 1 is 1.17 bits per heavy atom. The summed E-state index contributed by atoms with van der Waals surface area (Å²) >= 11 is 0. The van der Waals surface area contributed by atoms with Crippen molar-refractivity contribution in [3.05, 3.63) is 58.7 Å². The van der Waals surface area contributed by atoms with Crippen molar-refractivity contribution in [2.45, 2.75) is 44.9 Å². The van der Waals surface area contributed by atoms with E-state index in [0.29, 0.717) is 0 Å². The molecule has 0 radical (unpaired) electrons. The predicted molar refractivity (Wildman–Crippen MR) is 114 cm³/mol. The van der Waals surface area contributed by atoms with Crippen molar-refractivity contribution in [1.82, 2.24) is 5.01 Å². The number of hydrazone groups is 1. The van der Waals surface area contributed by atoms with Crippen LogP contribution in [0.3, 0.4) is 0 Å². The number of hydrogen-bond acceptors (Lipinski definition) is 4. The maximum absolute atomic E-state index is 6.76. The summed E-state index contributed by atoms with van der Waals surface area (Å²) in [4.78, 5) is 1.56. The first-order valence-electron chi connectivity index (χ1n) is 10.6. The molecule has 2 aromatic carbocycles. The van der Waals surface area contributed by atoms with Crippen molar-refractivity contribution < 1.29 is 14.4 Å². The molecule has 0 aliphatic carbocycles. The number of methoxy groups -OCH3 is 1. The van der Waals surface area contributed by atoms with Gasteiger partial charge in [-0.15, -0.1) is 0 Å². The van der Waals surface area contributed by atoms with E-state index < -0.39 is 0 Å². The van der Waals surface area contributed by atoms with Gasteiger partial charge in [0.25, 0.3) is 0 Å². The van der Waals surface area contributed by atoms with Crippen LogP contribution in [-0.2, 0) is 0 Å². The van der Waals surface area contributed by atoms with Crippen LogP contribution in [0.4, 0.5) is 0 Å². The van der Waals surface area contributed by atoms with Crippen molar-refractivity contribution in [3.8, 4) is 11.5 Å². The van der Waals surface area contributed by atoms with Gasteiger partial charge in [0.05, 0.1) is 51.8 Å². The molecule has 0 amide bonds. The molecular weight excluding hydrogens is 362 g/mol. The molecule has 1 atom stereocenters. The third kappa shape index (κ3) is 2.91. The summed E-state index contributed by atoms with van der Waals surface area (Å²) in [6, 6.07) is 13.1. The molecule has 0 bridgehead atoms. The van der Waals surface area contributed by atoms with Gasteiger partial charge in [-0.3, -0.25) is 0 Å². The van der Waals surface area contributed by atoms with Crippen LogP contribution in [0.5, 0.6) is 11.5 Å². The number of ether oxygens (including phenoxy) is 2. The Bertz CT molecular complexity index is 976. The first-order valence-corrected chi connectivity index (χ1v) is 10.6. The lowest BCUT2D eigenvalue weighted by molar-refractivity contribution is -0.888. The Labute approximate surface area is 172 Å². The van der Waals surface area contributed by atoms with Crippen LogP contribution in [0.2, 0.25) is 0 Å². The van der Waals surface area contributed by atoms with Crippen LogP contribution in [-0.4, -0.2) is 43.7 Å². The van der Waals surface area contributed by atoms with Crippen LogP contribution in [0, 0.1) is 13.8 Å². The summed E-state index contributed by atoms with van der Waals surface area (Å²) in [6.45, 7) is 6.50. The summed E-state index contributed by atoms with van der Waals surface area (Å²) in [6.07, 6.45) is 2.84. The highest BCUT2D eigenvalue weighted by molar-refractivity contribution is 6.03. The first-order chi connectivity index (χ1) is 14.0. The number of piperidine rings is 1. The standard InChI is InChI=1S/C24H29N3O2/c1-16-8-9-17(2)19(14-16)20-15-21-18-6-5-7-22(28-4)23(18)29-24(27(21)25-20)10-12-26(3)13-11-24/h5-9,14,21H,10-13,15H2,1-4H3/p+1/t21-/m1/s1. The summed E-state index contributed by atoms with van der Waals surface area (Å²) in [5.74, 6) is 1.74. The van der Waals surface area contributed by atoms with Crippen molar-refractivity contribution in [2.75, 3.05) is 27.2 Å². The molecule has 1 fully saturated rings. The topological polar surface area (TPSA) is 38.5 Å². The van der Waals surface area contributed by atoms with Gasteiger partial charge in [-0.05, 0) is 31.5 Å². The van der Waals surface area contributed by atoms with Crippen molar-refractivity contribution in [2.24, 2.45) is 5.10 Å². The number of hydrogen-bond donors (Lipinski definition) is 1. The van der Waals surface area contributed by atoms with Gasteiger partial charge in [-0.1, -0.05) is 29.8 Å². The fourth-order valence-electron chi connectivity index (χ4n) is 5.04. The Morgan fingerprint density at radius 3 is 2.72 bits per heavy atom. The molecule has 29 heavy (non-hydrogen) atoms. The number of para-hydroxylation sites is 1. The van der Waals surface area contributed by atoms with Crippen molar-refractivity contribution in [1.29, 1.82) is 0 Å². The number of quaternary nitrogens is 1. The minimum atomic E-state index is -0.384. The smallest absolute Gasteiger partial charge is 0.209 e. The molecule has 3 heterocycles. The zero-order valence-electron chi connectivity index (χ0n) is 17.8. The number of benzene rings is 2. The molecule has 5 heteroatoms. The monoisotopic (exact) mass is 392 g/mol. The van der Waals surface area contributed by atoms with Crippen LogP contribution in [0.1, 0.15) is 47.6 Å². The predicted octanol–water partition coefficient (Wildman–Crippen LogP) is 2.86. The second kappa shape index (κ2) is 6.77. The van der Waals surface area contributed by atoms with E-state index in [0.717, 1.165) is 43.9 Å². The van der Waals surface area contributed by atoms with Gasteiger partial charge < -0.3 is 14.4 Å². The molecule has 3 aliphatic rings. The van der Waals surface area contributed by atoms with Crippen molar-refractivity contribution in [3.63, 3.8) is 0 Å². The molecule has 3 aliphatic heterocycles. The largest absolute Gasteiger partial charge is 0.493 e. The van der Waals surface area contributed by atoms with E-state index in [1.165, 1.54) is 28.0 Å². The summed E-state index contributed by atoms with van der Waals surface area (Å²) in [7, 11) is 3.99. The highest BCUT2D eigenvalue weighted by Gasteiger charge is 2.53. The van der Waals surface area contributed by atoms with Gasteiger partial charge in [0, 0.05) is 17.5 Å². The van der Waals surface area contributed by atoms with E-state index in [1.807, 2.05) is 6.07 Å². The summed E-state index contributed by atoms with van der Waals surface area (Å²) in [5, 5.41) is 7.50. The quantitative estimate of drug-likeness (QED) is 0.854. The number of fused-ring (bicyclic) bond motifs is 4. The average Bonchev–Trinajstić information content (AvgIpc) is 3.18. The van der Waals surface area contributed by atoms with Gasteiger partial charge in [0.15, 0.2) is 11.5 Å². The minimum Gasteiger partial charge on any atom is -0.493 e. The maximum atomic E-state index is 6.76. The van der Waals surface area contributed by atoms with E-state index in [4.69, 9.17) is 14.6 Å². The highest BCUT2D eigenvalue weighted by atomic mass is 16.5. The number of likely N-dealkylation sites (tertiary alicyclic amines) is 1. The molecule has 0 aromatic heterocycles. The molecule has 152 valence electrons. The first kappa shape index (κ1) is 18.5. The Kier molecular flexibility index (Phi) is 4.32. The van der Waals surface area contributed by atoms with Crippen LogP contribution >= 0.6 is 0 Å². The van der Waals surface area contributed by atoms with Crippen LogP contribution in [0.25, 0.3) is 0 Å². The molecule has 2 aromatic rings. The van der Waals surface area contributed by atoms with Gasteiger partial charge in [-0.25, -0.2) is 5.01 Å². The Balaban J connectivity index is 1.63. The third-order valence-electron chi connectivity index (χ3n) is 6.80. The molecule has 1 spiro atoms. The number of rotatable bonds is 2. The second-order valence-electron chi connectivity index (χ2n) is 8.81. The van der Waals surface area contributed by atoms with Crippen LogP contribution in [0.15, 0.2) is 41.5 Å². The van der Waals surface area contributed by atoms with E-state index in [9.17, 15) is 0 Å².